The molecule has 0 unspecified atom stereocenters. The average Bonchev–Trinajstić information content (AvgIpc) is 3.20. The number of benzene rings is 2. The third-order valence-electron chi connectivity index (χ3n) is 4.32. The van der Waals surface area contributed by atoms with Crippen LogP contribution in [0.25, 0.3) is 0 Å². The van der Waals surface area contributed by atoms with Crippen molar-refractivity contribution in [2.75, 3.05) is 17.2 Å². The summed E-state index contributed by atoms with van der Waals surface area (Å²) >= 11 is 4.59. The Kier molecular flexibility index (Phi) is 8.07. The number of hydrogen-bond donors (Lipinski definition) is 3. The zero-order valence-electron chi connectivity index (χ0n) is 17.5. The Hall–Kier alpha value is -3.11. The lowest BCUT2D eigenvalue weighted by Gasteiger charge is -2.09. The summed E-state index contributed by atoms with van der Waals surface area (Å²) in [7, 11) is 0. The van der Waals surface area contributed by atoms with E-state index in [1.165, 1.54) is 11.3 Å². The van der Waals surface area contributed by atoms with Gasteiger partial charge in [0.1, 0.15) is 5.01 Å². The zero-order chi connectivity index (χ0) is 23.1. The first-order valence-electron chi connectivity index (χ1n) is 9.90. The lowest BCUT2D eigenvalue weighted by molar-refractivity contribution is -0.118. The van der Waals surface area contributed by atoms with E-state index in [0.29, 0.717) is 39.9 Å². The van der Waals surface area contributed by atoms with Crippen LogP contribution in [0.2, 0.25) is 0 Å². The molecule has 3 rings (SSSR count). The van der Waals surface area contributed by atoms with E-state index in [4.69, 9.17) is 0 Å². The van der Waals surface area contributed by atoms with E-state index in [2.05, 4.69) is 42.1 Å². The summed E-state index contributed by atoms with van der Waals surface area (Å²) in [6, 6.07) is 13.8. The second-order valence-corrected chi connectivity index (χ2v) is 9.17. The molecule has 166 valence electrons. The first-order valence-corrected chi connectivity index (χ1v) is 11.5. The fraction of sp³-hybridized carbons (Fsp3) is 0.227. The highest BCUT2D eigenvalue weighted by Crippen LogP contribution is 2.18. The van der Waals surface area contributed by atoms with Crippen molar-refractivity contribution in [2.45, 2.75) is 20.3 Å². The molecule has 3 N–H and O–H groups in total. The first-order chi connectivity index (χ1) is 15.3. The van der Waals surface area contributed by atoms with E-state index in [1.807, 2.05) is 6.07 Å². The molecule has 1 aromatic heterocycles. The summed E-state index contributed by atoms with van der Waals surface area (Å²) < 4.78 is 0.836. The van der Waals surface area contributed by atoms with Gasteiger partial charge in [-0.3, -0.25) is 19.7 Å². The number of anilines is 2. The van der Waals surface area contributed by atoms with Crippen molar-refractivity contribution in [3.05, 3.63) is 69.1 Å². The van der Waals surface area contributed by atoms with E-state index < -0.39 is 0 Å². The van der Waals surface area contributed by atoms with Crippen molar-refractivity contribution in [1.82, 2.24) is 15.5 Å². The Balaban J connectivity index is 1.52. The number of nitrogens with zero attached hydrogens (tertiary/aromatic N) is 2. The summed E-state index contributed by atoms with van der Waals surface area (Å²) in [5, 5.41) is 17.4. The van der Waals surface area contributed by atoms with Crippen LogP contribution in [-0.4, -0.2) is 34.5 Å². The Morgan fingerprint density at radius 3 is 2.41 bits per heavy atom. The largest absolute Gasteiger partial charge is 0.352 e. The molecule has 0 spiro atoms. The van der Waals surface area contributed by atoms with Crippen LogP contribution < -0.4 is 16.0 Å². The van der Waals surface area contributed by atoms with Gasteiger partial charge in [-0.15, -0.1) is 10.2 Å². The van der Waals surface area contributed by atoms with Crippen LogP contribution in [-0.2, 0) is 11.2 Å². The van der Waals surface area contributed by atoms with Gasteiger partial charge < -0.3 is 10.6 Å². The SMILES string of the molecule is CC(C)C(=O)Nc1cccc(C(=O)Nc2nnc(CCNC(=O)c3cccc(Br)c3)s2)c1. The number of carbonyl (C=O) groups excluding carboxylic acids is 3. The molecular weight excluding hydrogens is 494 g/mol. The Labute approximate surface area is 198 Å². The third-order valence-corrected chi connectivity index (χ3v) is 5.71. The Morgan fingerprint density at radius 2 is 1.69 bits per heavy atom. The van der Waals surface area contributed by atoms with Gasteiger partial charge in [-0.2, -0.15) is 0 Å². The van der Waals surface area contributed by atoms with Gasteiger partial charge in [-0.25, -0.2) is 0 Å². The molecular formula is C22H22BrN5O3S. The number of nitrogens with one attached hydrogen (secondary N) is 3. The standard InChI is InChI=1S/C22H22BrN5O3S/c1-13(2)19(29)25-17-8-4-6-15(12-17)21(31)26-22-28-27-18(32-22)9-10-24-20(30)14-5-3-7-16(23)11-14/h3-8,11-13H,9-10H2,1-2H3,(H,24,30)(H,25,29)(H,26,28,31). The van der Waals surface area contributed by atoms with Gasteiger partial charge in [-0.1, -0.05) is 53.2 Å². The van der Waals surface area contributed by atoms with E-state index in [0.717, 1.165) is 4.47 Å². The summed E-state index contributed by atoms with van der Waals surface area (Å²) in [5.74, 6) is -0.806. The molecule has 32 heavy (non-hydrogen) atoms. The second-order valence-electron chi connectivity index (χ2n) is 7.20. The molecule has 0 aliphatic carbocycles. The highest BCUT2D eigenvalue weighted by Gasteiger charge is 2.13. The van der Waals surface area contributed by atoms with Crippen LogP contribution in [0.4, 0.5) is 10.8 Å². The molecule has 0 saturated heterocycles. The lowest BCUT2D eigenvalue weighted by Crippen LogP contribution is -2.25. The smallest absolute Gasteiger partial charge is 0.257 e. The molecule has 3 aromatic rings. The Bertz CT molecular complexity index is 1130. The minimum absolute atomic E-state index is 0.122. The second kappa shape index (κ2) is 11.0. The monoisotopic (exact) mass is 515 g/mol. The average molecular weight is 516 g/mol. The number of carbonyl (C=O) groups is 3. The van der Waals surface area contributed by atoms with Crippen molar-refractivity contribution in [2.24, 2.45) is 5.92 Å². The highest BCUT2D eigenvalue weighted by atomic mass is 79.9. The van der Waals surface area contributed by atoms with Crippen LogP contribution in [0.1, 0.15) is 39.6 Å². The van der Waals surface area contributed by atoms with Gasteiger partial charge in [0.2, 0.25) is 11.0 Å². The minimum atomic E-state index is -0.351. The van der Waals surface area contributed by atoms with Crippen molar-refractivity contribution < 1.29 is 14.4 Å². The van der Waals surface area contributed by atoms with Crippen LogP contribution in [0.15, 0.2) is 53.0 Å². The summed E-state index contributed by atoms with van der Waals surface area (Å²) in [4.78, 5) is 36.6. The molecule has 1 heterocycles. The predicted molar refractivity (Wildman–Crippen MR) is 128 cm³/mol. The molecule has 2 aromatic carbocycles. The molecule has 10 heteroatoms. The number of aromatic nitrogens is 2. The van der Waals surface area contributed by atoms with Gasteiger partial charge >= 0.3 is 0 Å². The number of halogens is 1. The van der Waals surface area contributed by atoms with E-state index >= 15 is 0 Å². The molecule has 0 atom stereocenters. The maximum absolute atomic E-state index is 12.5. The molecule has 0 aliphatic rings. The maximum atomic E-state index is 12.5. The normalized spacial score (nSPS) is 10.6. The van der Waals surface area contributed by atoms with Crippen LogP contribution >= 0.6 is 27.3 Å². The Morgan fingerprint density at radius 1 is 0.969 bits per heavy atom. The molecule has 0 radical (unpaired) electrons. The zero-order valence-corrected chi connectivity index (χ0v) is 19.9. The van der Waals surface area contributed by atoms with Gasteiger partial charge in [0.05, 0.1) is 0 Å². The van der Waals surface area contributed by atoms with Crippen molar-refractivity contribution in [1.29, 1.82) is 0 Å². The third kappa shape index (κ3) is 6.69. The summed E-state index contributed by atoms with van der Waals surface area (Å²) in [5.41, 5.74) is 1.51. The summed E-state index contributed by atoms with van der Waals surface area (Å²) in [6.45, 7) is 3.99. The number of rotatable bonds is 8. The molecule has 0 bridgehead atoms. The van der Waals surface area contributed by atoms with Gasteiger partial charge in [0.25, 0.3) is 11.8 Å². The molecule has 3 amide bonds. The highest BCUT2D eigenvalue weighted by molar-refractivity contribution is 9.10. The minimum Gasteiger partial charge on any atom is -0.352 e. The first kappa shape index (κ1) is 23.6. The van der Waals surface area contributed by atoms with Crippen molar-refractivity contribution in [3.8, 4) is 0 Å². The van der Waals surface area contributed by atoms with Crippen LogP contribution in [0.5, 0.6) is 0 Å². The quantitative estimate of drug-likeness (QED) is 0.417. The summed E-state index contributed by atoms with van der Waals surface area (Å²) in [6.07, 6.45) is 0.490. The van der Waals surface area contributed by atoms with Crippen molar-refractivity contribution >= 4 is 55.8 Å². The lowest BCUT2D eigenvalue weighted by atomic mass is 10.1. The molecule has 0 saturated carbocycles. The molecule has 8 nitrogen and oxygen atoms in total. The predicted octanol–water partition coefficient (Wildman–Crippen LogP) is 4.12. The van der Waals surface area contributed by atoms with Crippen LogP contribution in [0.3, 0.4) is 0 Å². The van der Waals surface area contributed by atoms with E-state index in [1.54, 1.807) is 56.3 Å². The van der Waals surface area contributed by atoms with E-state index in [9.17, 15) is 14.4 Å². The van der Waals surface area contributed by atoms with Crippen molar-refractivity contribution in [3.63, 3.8) is 0 Å². The fourth-order valence-corrected chi connectivity index (χ4v) is 3.75. The van der Waals surface area contributed by atoms with E-state index in [-0.39, 0.29) is 23.6 Å². The van der Waals surface area contributed by atoms with Crippen LogP contribution in [0, 0.1) is 5.92 Å². The van der Waals surface area contributed by atoms with Gasteiger partial charge in [0.15, 0.2) is 0 Å². The van der Waals surface area contributed by atoms with Gasteiger partial charge in [0, 0.05) is 40.2 Å². The molecule has 0 fully saturated rings. The fourth-order valence-electron chi connectivity index (χ4n) is 2.61. The maximum Gasteiger partial charge on any atom is 0.257 e. The topological polar surface area (TPSA) is 113 Å². The number of amides is 3. The number of hydrogen-bond acceptors (Lipinski definition) is 6. The molecule has 0 aliphatic heterocycles. The van der Waals surface area contributed by atoms with Gasteiger partial charge in [-0.05, 0) is 36.4 Å².